The molecule has 1 aromatic heterocycles. The van der Waals surface area contributed by atoms with Crippen LogP contribution in [-0.2, 0) is 6.54 Å². The first-order valence-corrected chi connectivity index (χ1v) is 2.39. The van der Waals surface area contributed by atoms with Crippen molar-refractivity contribution in [3.63, 3.8) is 0 Å². The number of hydrogen-bond donors (Lipinski definition) is 1. The molecule has 0 saturated heterocycles. The second-order valence-electron chi connectivity index (χ2n) is 1.54. The lowest BCUT2D eigenvalue weighted by Gasteiger charge is -1.88. The maximum absolute atomic E-state index is 5.29. The van der Waals surface area contributed by atoms with Crippen LogP contribution in [0.5, 0.6) is 0 Å². The molecule has 1 rings (SSSR count). The number of nitrogens with zero attached hydrogens (tertiary/aromatic N) is 2. The molecule has 1 aromatic rings. The van der Waals surface area contributed by atoms with Crippen molar-refractivity contribution in [1.29, 1.82) is 0 Å². The summed E-state index contributed by atoms with van der Waals surface area (Å²) in [5.41, 5.74) is 5.29. The molecular weight excluding hydrogens is 102 g/mol. The molecular formula is C5H8N3. The Morgan fingerprint density at radius 1 is 1.88 bits per heavy atom. The molecule has 0 aliphatic rings. The summed E-state index contributed by atoms with van der Waals surface area (Å²) in [6.07, 6.45) is 3.40. The summed E-state index contributed by atoms with van der Waals surface area (Å²) in [6, 6.07) is 0. The summed E-state index contributed by atoms with van der Waals surface area (Å²) < 4.78 is 1.81. The Labute approximate surface area is 48.1 Å². The zero-order chi connectivity index (χ0) is 5.98. The number of rotatable bonds is 1. The Hall–Kier alpha value is -0.990. The van der Waals surface area contributed by atoms with Gasteiger partial charge in [0.2, 0.25) is 0 Å². The van der Waals surface area contributed by atoms with Crippen LogP contribution in [0, 0.1) is 6.92 Å². The molecule has 0 aliphatic carbocycles. The van der Waals surface area contributed by atoms with Crippen molar-refractivity contribution >= 4 is 5.82 Å². The number of nitrogens with two attached hydrogens (primary N) is 1. The fraction of sp³-hybridized carbons (Fsp3) is 0.200. The summed E-state index contributed by atoms with van der Waals surface area (Å²) >= 11 is 0. The number of aromatic nitrogens is 2. The standard InChI is InChI=1S/C5H8N3/c1-2-8-3-5(6)7-4-8/h3-4H,1-2,6H2. The molecule has 0 spiro atoms. The van der Waals surface area contributed by atoms with Gasteiger partial charge in [0.25, 0.3) is 0 Å². The summed E-state index contributed by atoms with van der Waals surface area (Å²) in [5, 5.41) is 0. The number of nitrogen functional groups attached to an aromatic ring is 1. The van der Waals surface area contributed by atoms with E-state index in [0.29, 0.717) is 12.4 Å². The van der Waals surface area contributed by atoms with E-state index < -0.39 is 0 Å². The molecule has 3 heteroatoms. The quantitative estimate of drug-likeness (QED) is 0.565. The lowest BCUT2D eigenvalue weighted by atomic mass is 10.7. The van der Waals surface area contributed by atoms with Crippen LogP contribution in [0.25, 0.3) is 0 Å². The van der Waals surface area contributed by atoms with Gasteiger partial charge in [0.05, 0.1) is 6.33 Å². The smallest absolute Gasteiger partial charge is 0.141 e. The zero-order valence-corrected chi connectivity index (χ0v) is 4.54. The highest BCUT2D eigenvalue weighted by Gasteiger charge is 1.86. The van der Waals surface area contributed by atoms with Crippen LogP contribution in [0.15, 0.2) is 12.5 Å². The number of imidazole rings is 1. The molecule has 1 heterocycles. The average molecular weight is 110 g/mol. The van der Waals surface area contributed by atoms with Crippen molar-refractivity contribution in [3.05, 3.63) is 19.4 Å². The summed E-state index contributed by atoms with van der Waals surface area (Å²) in [5.74, 6) is 0.550. The predicted octanol–water partition coefficient (Wildman–Crippen LogP) is 0.299. The van der Waals surface area contributed by atoms with E-state index in [1.54, 1.807) is 12.5 Å². The van der Waals surface area contributed by atoms with Gasteiger partial charge in [-0.05, 0) is 6.92 Å². The van der Waals surface area contributed by atoms with Gasteiger partial charge in [-0.1, -0.05) is 0 Å². The highest BCUT2D eigenvalue weighted by Crippen LogP contribution is 1.93. The van der Waals surface area contributed by atoms with Gasteiger partial charge in [0.15, 0.2) is 0 Å². The molecule has 0 unspecified atom stereocenters. The SMILES string of the molecule is [CH2]Cn1cnc(N)c1. The fourth-order valence-corrected chi connectivity index (χ4v) is 0.500. The third-order valence-corrected chi connectivity index (χ3v) is 0.911. The van der Waals surface area contributed by atoms with Crippen LogP contribution in [0.1, 0.15) is 0 Å². The Balaban J connectivity index is 2.84. The molecule has 0 saturated carbocycles. The first-order valence-electron chi connectivity index (χ1n) is 2.39. The van der Waals surface area contributed by atoms with Crippen LogP contribution in [0.3, 0.4) is 0 Å². The van der Waals surface area contributed by atoms with Crippen molar-refractivity contribution in [1.82, 2.24) is 9.55 Å². The van der Waals surface area contributed by atoms with Gasteiger partial charge in [-0.25, -0.2) is 4.98 Å². The van der Waals surface area contributed by atoms with Crippen LogP contribution in [0.2, 0.25) is 0 Å². The van der Waals surface area contributed by atoms with Crippen molar-refractivity contribution < 1.29 is 0 Å². The van der Waals surface area contributed by atoms with Gasteiger partial charge in [-0.15, -0.1) is 0 Å². The molecule has 2 N–H and O–H groups in total. The second-order valence-corrected chi connectivity index (χ2v) is 1.54. The van der Waals surface area contributed by atoms with E-state index in [4.69, 9.17) is 5.73 Å². The van der Waals surface area contributed by atoms with E-state index in [9.17, 15) is 0 Å². The normalized spacial score (nSPS) is 9.62. The first-order chi connectivity index (χ1) is 3.83. The lowest BCUT2D eigenvalue weighted by Crippen LogP contribution is -1.87. The van der Waals surface area contributed by atoms with E-state index in [1.165, 1.54) is 0 Å². The molecule has 0 bridgehead atoms. The van der Waals surface area contributed by atoms with Crippen LogP contribution in [-0.4, -0.2) is 9.55 Å². The van der Waals surface area contributed by atoms with Crippen molar-refractivity contribution in [2.75, 3.05) is 5.73 Å². The minimum Gasteiger partial charge on any atom is -0.382 e. The van der Waals surface area contributed by atoms with Gasteiger partial charge < -0.3 is 10.3 Å². The summed E-state index contributed by atoms with van der Waals surface area (Å²) in [4.78, 5) is 3.79. The maximum Gasteiger partial charge on any atom is 0.141 e. The number of anilines is 1. The number of hydrogen-bond acceptors (Lipinski definition) is 2. The van der Waals surface area contributed by atoms with E-state index >= 15 is 0 Å². The molecule has 0 atom stereocenters. The molecule has 1 radical (unpaired) electrons. The Morgan fingerprint density at radius 3 is 2.88 bits per heavy atom. The highest BCUT2D eigenvalue weighted by molar-refractivity contribution is 5.22. The minimum absolute atomic E-state index is 0.550. The molecule has 3 nitrogen and oxygen atoms in total. The largest absolute Gasteiger partial charge is 0.382 e. The molecule has 0 amide bonds. The van der Waals surface area contributed by atoms with E-state index in [0.717, 1.165) is 0 Å². The Kier molecular flexibility index (Phi) is 1.20. The van der Waals surface area contributed by atoms with Gasteiger partial charge in [0, 0.05) is 12.7 Å². The van der Waals surface area contributed by atoms with Crippen LogP contribution in [0.4, 0.5) is 5.82 Å². The van der Waals surface area contributed by atoms with E-state index in [-0.39, 0.29) is 0 Å². The lowest BCUT2D eigenvalue weighted by molar-refractivity contribution is 0.818. The van der Waals surface area contributed by atoms with Crippen molar-refractivity contribution in [2.24, 2.45) is 0 Å². The Morgan fingerprint density at radius 2 is 2.62 bits per heavy atom. The molecule has 43 valence electrons. The van der Waals surface area contributed by atoms with Gasteiger partial charge in [0.1, 0.15) is 5.82 Å². The van der Waals surface area contributed by atoms with Crippen molar-refractivity contribution in [3.8, 4) is 0 Å². The second kappa shape index (κ2) is 1.86. The average Bonchev–Trinajstić information content (AvgIpc) is 2.14. The molecule has 8 heavy (non-hydrogen) atoms. The minimum atomic E-state index is 0.550. The molecule has 0 fully saturated rings. The predicted molar refractivity (Wildman–Crippen MR) is 32.0 cm³/mol. The van der Waals surface area contributed by atoms with Crippen LogP contribution >= 0.6 is 0 Å². The summed E-state index contributed by atoms with van der Waals surface area (Å²) in [7, 11) is 0. The maximum atomic E-state index is 5.29. The van der Waals surface area contributed by atoms with Gasteiger partial charge >= 0.3 is 0 Å². The third kappa shape index (κ3) is 0.804. The fourth-order valence-electron chi connectivity index (χ4n) is 0.500. The first kappa shape index (κ1) is 5.15. The summed E-state index contributed by atoms with van der Waals surface area (Å²) in [6.45, 7) is 4.32. The Bertz CT molecular complexity index is 168. The third-order valence-electron chi connectivity index (χ3n) is 0.911. The van der Waals surface area contributed by atoms with E-state index in [2.05, 4.69) is 11.9 Å². The molecule has 0 aliphatic heterocycles. The monoisotopic (exact) mass is 110 g/mol. The van der Waals surface area contributed by atoms with Crippen LogP contribution < -0.4 is 5.73 Å². The van der Waals surface area contributed by atoms with E-state index in [1.807, 2.05) is 4.57 Å². The molecule has 0 aromatic carbocycles. The van der Waals surface area contributed by atoms with Crippen molar-refractivity contribution in [2.45, 2.75) is 6.54 Å². The van der Waals surface area contributed by atoms with Gasteiger partial charge in [-0.3, -0.25) is 0 Å². The topological polar surface area (TPSA) is 43.8 Å². The highest BCUT2D eigenvalue weighted by atomic mass is 15.1. The zero-order valence-electron chi connectivity index (χ0n) is 4.54. The van der Waals surface area contributed by atoms with Gasteiger partial charge in [-0.2, -0.15) is 0 Å².